The van der Waals surface area contributed by atoms with E-state index in [2.05, 4.69) is 27.2 Å². The molecule has 2 atom stereocenters. The number of nitrogen functional groups attached to an aromatic ring is 1. The van der Waals surface area contributed by atoms with Crippen molar-refractivity contribution in [2.75, 3.05) is 24.0 Å². The minimum atomic E-state index is 0.226. The Morgan fingerprint density at radius 2 is 2.29 bits per heavy atom. The second-order valence-corrected chi connectivity index (χ2v) is 4.36. The Bertz CT molecular complexity index is 397. The minimum absolute atomic E-state index is 0.226. The van der Waals surface area contributed by atoms with Crippen LogP contribution < -0.4 is 16.2 Å². The Hall–Kier alpha value is -1.40. The van der Waals surface area contributed by atoms with E-state index in [9.17, 15) is 0 Å². The Morgan fingerprint density at radius 3 is 2.88 bits per heavy atom. The highest BCUT2D eigenvalue weighted by molar-refractivity contribution is 5.57. The average molecular weight is 237 g/mol. The molecule has 2 unspecified atom stereocenters. The van der Waals surface area contributed by atoms with Crippen molar-refractivity contribution in [3.63, 3.8) is 0 Å². The largest absolute Gasteiger partial charge is 0.376 e. The first kappa shape index (κ1) is 12.1. The van der Waals surface area contributed by atoms with E-state index in [1.807, 2.05) is 14.0 Å². The summed E-state index contributed by atoms with van der Waals surface area (Å²) >= 11 is 0. The maximum absolute atomic E-state index is 5.58. The zero-order valence-electron chi connectivity index (χ0n) is 10.5. The van der Waals surface area contributed by atoms with Crippen LogP contribution >= 0.6 is 0 Å². The summed E-state index contributed by atoms with van der Waals surface area (Å²) in [6.07, 6.45) is 2.77. The van der Waals surface area contributed by atoms with Crippen molar-refractivity contribution >= 4 is 11.6 Å². The van der Waals surface area contributed by atoms with Gasteiger partial charge in [0.25, 0.3) is 0 Å². The number of aromatic nitrogens is 2. The fourth-order valence-electron chi connectivity index (χ4n) is 2.33. The van der Waals surface area contributed by atoms with E-state index in [-0.39, 0.29) is 6.10 Å². The third-order valence-corrected chi connectivity index (χ3v) is 3.36. The zero-order chi connectivity index (χ0) is 12.4. The first-order chi connectivity index (χ1) is 8.15. The molecule has 1 saturated heterocycles. The molecule has 2 heterocycles. The predicted molar refractivity (Wildman–Crippen MR) is 66.8 cm³/mol. The van der Waals surface area contributed by atoms with E-state index >= 15 is 0 Å². The zero-order valence-corrected chi connectivity index (χ0v) is 10.5. The molecule has 1 aliphatic heterocycles. The molecule has 1 aromatic heterocycles. The predicted octanol–water partition coefficient (Wildman–Crippen LogP) is 0.684. The molecule has 1 fully saturated rings. The van der Waals surface area contributed by atoms with E-state index in [1.54, 1.807) is 0 Å². The number of nitrogens with zero attached hydrogens (tertiary/aromatic N) is 3. The lowest BCUT2D eigenvalue weighted by Gasteiger charge is -2.29. The monoisotopic (exact) mass is 237 g/mol. The van der Waals surface area contributed by atoms with Gasteiger partial charge in [-0.05, 0) is 20.3 Å². The summed E-state index contributed by atoms with van der Waals surface area (Å²) in [5.41, 5.74) is 3.54. The quantitative estimate of drug-likeness (QED) is 0.595. The topological polar surface area (TPSA) is 76.3 Å². The lowest BCUT2D eigenvalue weighted by molar-refractivity contribution is 0.118. The molecule has 2 rings (SSSR count). The Labute approximate surface area is 101 Å². The average Bonchev–Trinajstić information content (AvgIpc) is 2.75. The van der Waals surface area contributed by atoms with Crippen LogP contribution in [0.3, 0.4) is 0 Å². The molecule has 0 amide bonds. The van der Waals surface area contributed by atoms with E-state index in [1.165, 1.54) is 6.33 Å². The molecule has 1 aromatic rings. The lowest BCUT2D eigenvalue weighted by Crippen LogP contribution is -2.37. The highest BCUT2D eigenvalue weighted by Crippen LogP contribution is 2.27. The first-order valence-electron chi connectivity index (χ1n) is 5.77. The van der Waals surface area contributed by atoms with Crippen molar-refractivity contribution in [1.29, 1.82) is 0 Å². The highest BCUT2D eigenvalue weighted by Gasteiger charge is 2.29. The fraction of sp³-hybridized carbons (Fsp3) is 0.636. The van der Waals surface area contributed by atoms with Gasteiger partial charge in [-0.2, -0.15) is 0 Å². The lowest BCUT2D eigenvalue weighted by atomic mass is 10.1. The maximum Gasteiger partial charge on any atom is 0.148 e. The van der Waals surface area contributed by atoms with Crippen LogP contribution in [0.4, 0.5) is 11.6 Å². The summed E-state index contributed by atoms with van der Waals surface area (Å²) in [5, 5.41) is 0. The van der Waals surface area contributed by atoms with Crippen LogP contribution in [0.15, 0.2) is 6.33 Å². The SMILES string of the molecule is Cc1c(NN)ncnc1N(C)C1CCOC1C. The van der Waals surface area contributed by atoms with Gasteiger partial charge < -0.3 is 15.1 Å². The van der Waals surface area contributed by atoms with Gasteiger partial charge in [0.2, 0.25) is 0 Å². The van der Waals surface area contributed by atoms with Crippen LogP contribution in [0.1, 0.15) is 18.9 Å². The van der Waals surface area contributed by atoms with Crippen LogP contribution in [0.25, 0.3) is 0 Å². The highest BCUT2D eigenvalue weighted by atomic mass is 16.5. The maximum atomic E-state index is 5.58. The second-order valence-electron chi connectivity index (χ2n) is 4.36. The Morgan fingerprint density at radius 1 is 1.53 bits per heavy atom. The third kappa shape index (κ3) is 2.18. The Balaban J connectivity index is 2.27. The minimum Gasteiger partial charge on any atom is -0.376 e. The number of hydrogen-bond donors (Lipinski definition) is 2. The molecule has 0 bridgehead atoms. The number of nitrogens with two attached hydrogens (primary N) is 1. The molecule has 1 aliphatic rings. The fourth-order valence-corrected chi connectivity index (χ4v) is 2.33. The van der Waals surface area contributed by atoms with E-state index in [0.717, 1.165) is 24.4 Å². The molecule has 0 aromatic carbocycles. The molecule has 94 valence electrons. The molecule has 6 nitrogen and oxygen atoms in total. The van der Waals surface area contributed by atoms with Crippen molar-refractivity contribution in [2.24, 2.45) is 5.84 Å². The van der Waals surface area contributed by atoms with Crippen molar-refractivity contribution < 1.29 is 4.74 Å². The van der Waals surface area contributed by atoms with Gasteiger partial charge in [-0.1, -0.05) is 0 Å². The number of hydrogen-bond acceptors (Lipinski definition) is 6. The van der Waals surface area contributed by atoms with Gasteiger partial charge in [-0.25, -0.2) is 15.8 Å². The first-order valence-corrected chi connectivity index (χ1v) is 5.77. The molecule has 0 radical (unpaired) electrons. The van der Waals surface area contributed by atoms with Crippen LogP contribution in [-0.2, 0) is 4.74 Å². The van der Waals surface area contributed by atoms with E-state index in [0.29, 0.717) is 11.9 Å². The molecular formula is C11H19N5O. The van der Waals surface area contributed by atoms with Crippen molar-refractivity contribution in [2.45, 2.75) is 32.4 Å². The van der Waals surface area contributed by atoms with Gasteiger partial charge in [0.1, 0.15) is 18.0 Å². The second kappa shape index (κ2) is 4.85. The number of nitrogens with one attached hydrogen (secondary N) is 1. The van der Waals surface area contributed by atoms with Gasteiger partial charge in [0, 0.05) is 19.2 Å². The van der Waals surface area contributed by atoms with Crippen molar-refractivity contribution in [1.82, 2.24) is 9.97 Å². The van der Waals surface area contributed by atoms with Crippen LogP contribution in [0, 0.1) is 6.92 Å². The van der Waals surface area contributed by atoms with Crippen LogP contribution in [-0.4, -0.2) is 35.8 Å². The smallest absolute Gasteiger partial charge is 0.148 e. The molecule has 17 heavy (non-hydrogen) atoms. The van der Waals surface area contributed by atoms with Gasteiger partial charge in [0.05, 0.1) is 12.1 Å². The summed E-state index contributed by atoms with van der Waals surface area (Å²) < 4.78 is 5.58. The Kier molecular flexibility index (Phi) is 3.44. The molecule has 3 N–H and O–H groups in total. The van der Waals surface area contributed by atoms with E-state index < -0.39 is 0 Å². The molecule has 6 heteroatoms. The number of anilines is 2. The van der Waals surface area contributed by atoms with Crippen molar-refractivity contribution in [3.8, 4) is 0 Å². The van der Waals surface area contributed by atoms with Crippen molar-refractivity contribution in [3.05, 3.63) is 11.9 Å². The van der Waals surface area contributed by atoms with Gasteiger partial charge in [-0.3, -0.25) is 0 Å². The number of rotatable bonds is 3. The molecule has 0 saturated carbocycles. The summed E-state index contributed by atoms with van der Waals surface area (Å²) in [5.74, 6) is 6.98. The van der Waals surface area contributed by atoms with Crippen LogP contribution in [0.2, 0.25) is 0 Å². The van der Waals surface area contributed by atoms with Gasteiger partial charge >= 0.3 is 0 Å². The van der Waals surface area contributed by atoms with Gasteiger partial charge in [0.15, 0.2) is 0 Å². The number of ether oxygens (including phenoxy) is 1. The normalized spacial score (nSPS) is 23.8. The standard InChI is InChI=1S/C11H19N5O/c1-7-10(15-12)13-6-14-11(7)16(3)9-4-5-17-8(9)2/h6,8-9H,4-5,12H2,1-3H3,(H,13,14,15). The molecule has 0 spiro atoms. The van der Waals surface area contributed by atoms with E-state index in [4.69, 9.17) is 10.6 Å². The summed E-state index contributed by atoms with van der Waals surface area (Å²) in [4.78, 5) is 10.6. The molecule has 0 aliphatic carbocycles. The van der Waals surface area contributed by atoms with Crippen LogP contribution in [0.5, 0.6) is 0 Å². The summed E-state index contributed by atoms with van der Waals surface area (Å²) in [6.45, 7) is 4.86. The number of likely N-dealkylation sites (N-methyl/N-ethyl adjacent to an activating group) is 1. The molecular weight excluding hydrogens is 218 g/mol. The summed E-state index contributed by atoms with van der Waals surface area (Å²) in [7, 11) is 2.03. The third-order valence-electron chi connectivity index (χ3n) is 3.36. The van der Waals surface area contributed by atoms with Gasteiger partial charge in [-0.15, -0.1) is 0 Å². The summed E-state index contributed by atoms with van der Waals surface area (Å²) in [6, 6.07) is 0.356. The number of hydrazine groups is 1.